The second-order valence-corrected chi connectivity index (χ2v) is 11.7. The average molecular weight is 591 g/mol. The summed E-state index contributed by atoms with van der Waals surface area (Å²) in [6, 6.07) is 30.1. The first-order valence-corrected chi connectivity index (χ1v) is 14.9. The number of carbonyl (C=O) groups is 2. The van der Waals surface area contributed by atoms with E-state index in [1.54, 1.807) is 17.0 Å². The zero-order chi connectivity index (χ0) is 29.9. The number of nitro benzene ring substituents is 1. The van der Waals surface area contributed by atoms with Gasteiger partial charge in [-0.1, -0.05) is 71.9 Å². The molecule has 9 heteroatoms. The minimum atomic E-state index is -0.409. The predicted molar refractivity (Wildman–Crippen MR) is 170 cm³/mol. The van der Waals surface area contributed by atoms with Crippen LogP contribution in [0.15, 0.2) is 107 Å². The summed E-state index contributed by atoms with van der Waals surface area (Å²) in [6.07, 6.45) is 1.92. The van der Waals surface area contributed by atoms with Crippen molar-refractivity contribution in [2.75, 3.05) is 36.0 Å². The molecule has 0 aromatic heterocycles. The highest BCUT2D eigenvalue weighted by molar-refractivity contribution is 8.04. The highest BCUT2D eigenvalue weighted by Gasteiger charge is 2.31. The number of non-ortho nitro benzene ring substituents is 1. The summed E-state index contributed by atoms with van der Waals surface area (Å²) in [4.78, 5) is 45.4. The van der Waals surface area contributed by atoms with Crippen molar-refractivity contribution < 1.29 is 14.5 Å². The fourth-order valence-electron chi connectivity index (χ4n) is 5.43. The van der Waals surface area contributed by atoms with Crippen LogP contribution in [0.3, 0.4) is 0 Å². The monoisotopic (exact) mass is 590 g/mol. The minimum Gasteiger partial charge on any atom is -0.368 e. The Morgan fingerprint density at radius 2 is 1.65 bits per heavy atom. The van der Waals surface area contributed by atoms with Gasteiger partial charge in [-0.15, -0.1) is 0 Å². The second kappa shape index (κ2) is 12.1. The normalized spacial score (nSPS) is 15.9. The Kier molecular flexibility index (Phi) is 7.98. The Morgan fingerprint density at radius 3 is 2.35 bits per heavy atom. The molecule has 0 aliphatic carbocycles. The molecular formula is C34H30N4O4S. The molecule has 4 aromatic carbocycles. The molecule has 4 aromatic rings. The minimum absolute atomic E-state index is 0.0562. The van der Waals surface area contributed by atoms with Crippen molar-refractivity contribution in [3.8, 4) is 0 Å². The molecule has 43 heavy (non-hydrogen) atoms. The topological polar surface area (TPSA) is 87.0 Å². The molecule has 6 rings (SSSR count). The first kappa shape index (κ1) is 28.2. The number of nitro groups is 1. The quantitative estimate of drug-likeness (QED) is 0.144. The lowest BCUT2D eigenvalue weighted by Crippen LogP contribution is -2.48. The van der Waals surface area contributed by atoms with Crippen LogP contribution in [-0.2, 0) is 11.3 Å². The number of nitrogens with zero attached hydrogens (tertiary/aromatic N) is 4. The molecule has 2 aliphatic heterocycles. The van der Waals surface area contributed by atoms with Crippen LogP contribution in [0.1, 0.15) is 27.0 Å². The van der Waals surface area contributed by atoms with Gasteiger partial charge in [0.15, 0.2) is 0 Å². The SMILES string of the molecule is Cc1cccc(CN2C(=O)C(=Cc3ccccc3)Sc3ccc(C(=O)N4CCN(c5ccc([N+](=O)[O-])cc5)CC4)cc32)c1. The zero-order valence-electron chi connectivity index (χ0n) is 23.7. The van der Waals surface area contributed by atoms with Gasteiger partial charge in [-0.25, -0.2) is 0 Å². The van der Waals surface area contributed by atoms with Crippen LogP contribution in [0, 0.1) is 17.0 Å². The molecule has 2 aliphatic rings. The number of hydrogen-bond donors (Lipinski definition) is 0. The van der Waals surface area contributed by atoms with Gasteiger partial charge in [0.2, 0.25) is 0 Å². The number of piperazine rings is 1. The van der Waals surface area contributed by atoms with Crippen LogP contribution in [-0.4, -0.2) is 47.8 Å². The third-order valence-electron chi connectivity index (χ3n) is 7.69. The van der Waals surface area contributed by atoms with Crippen molar-refractivity contribution in [3.05, 3.63) is 134 Å². The van der Waals surface area contributed by atoms with Gasteiger partial charge in [0.1, 0.15) is 0 Å². The van der Waals surface area contributed by atoms with E-state index in [4.69, 9.17) is 0 Å². The van der Waals surface area contributed by atoms with E-state index in [9.17, 15) is 19.7 Å². The highest BCUT2D eigenvalue weighted by atomic mass is 32.2. The summed E-state index contributed by atoms with van der Waals surface area (Å²) < 4.78 is 0. The fraction of sp³-hybridized carbons (Fsp3) is 0.176. The summed E-state index contributed by atoms with van der Waals surface area (Å²) in [5.41, 5.74) is 5.32. The first-order valence-electron chi connectivity index (χ1n) is 14.1. The molecule has 2 heterocycles. The summed E-state index contributed by atoms with van der Waals surface area (Å²) in [7, 11) is 0. The van der Waals surface area contributed by atoms with Crippen LogP contribution < -0.4 is 9.80 Å². The Balaban J connectivity index is 1.24. The van der Waals surface area contributed by atoms with Crippen LogP contribution in [0.4, 0.5) is 17.1 Å². The van der Waals surface area contributed by atoms with Crippen molar-refractivity contribution in [1.82, 2.24) is 4.90 Å². The summed E-state index contributed by atoms with van der Waals surface area (Å²) in [5, 5.41) is 11.0. The largest absolute Gasteiger partial charge is 0.368 e. The lowest BCUT2D eigenvalue weighted by Gasteiger charge is -2.36. The fourth-order valence-corrected chi connectivity index (χ4v) is 6.47. The molecule has 1 saturated heterocycles. The molecule has 0 unspecified atom stereocenters. The number of thioether (sulfide) groups is 1. The first-order chi connectivity index (χ1) is 20.9. The van der Waals surface area contributed by atoms with Crippen molar-refractivity contribution in [3.63, 3.8) is 0 Å². The number of aryl methyl sites for hydroxylation is 1. The van der Waals surface area contributed by atoms with Crippen LogP contribution >= 0.6 is 11.8 Å². The Morgan fingerprint density at radius 1 is 0.907 bits per heavy atom. The Bertz CT molecular complexity index is 1710. The summed E-state index contributed by atoms with van der Waals surface area (Å²) >= 11 is 1.43. The molecule has 0 spiro atoms. The van der Waals surface area contributed by atoms with Gasteiger partial charge >= 0.3 is 0 Å². The lowest BCUT2D eigenvalue weighted by molar-refractivity contribution is -0.384. The van der Waals surface area contributed by atoms with Crippen molar-refractivity contribution >= 4 is 46.7 Å². The molecule has 0 atom stereocenters. The average Bonchev–Trinajstić information content (AvgIpc) is 3.03. The Labute approximate surface area is 254 Å². The number of rotatable bonds is 6. The Hall–Kier alpha value is -4.89. The molecule has 8 nitrogen and oxygen atoms in total. The van der Waals surface area contributed by atoms with E-state index in [1.165, 1.54) is 23.9 Å². The number of amides is 2. The van der Waals surface area contributed by atoms with E-state index in [-0.39, 0.29) is 17.5 Å². The van der Waals surface area contributed by atoms with Gasteiger partial charge < -0.3 is 14.7 Å². The maximum absolute atomic E-state index is 13.9. The van der Waals surface area contributed by atoms with E-state index in [1.807, 2.05) is 84.6 Å². The van der Waals surface area contributed by atoms with Gasteiger partial charge in [-0.3, -0.25) is 19.7 Å². The molecular weight excluding hydrogens is 560 g/mol. The maximum Gasteiger partial charge on any atom is 0.269 e. The summed E-state index contributed by atoms with van der Waals surface area (Å²) in [5.74, 6) is -0.172. The zero-order valence-corrected chi connectivity index (χ0v) is 24.5. The molecule has 0 saturated carbocycles. The van der Waals surface area contributed by atoms with Gasteiger partial charge in [-0.05, 0) is 54.5 Å². The van der Waals surface area contributed by atoms with Gasteiger partial charge in [0.05, 0.1) is 22.1 Å². The van der Waals surface area contributed by atoms with E-state index >= 15 is 0 Å². The van der Waals surface area contributed by atoms with E-state index in [2.05, 4.69) is 11.0 Å². The third kappa shape index (κ3) is 6.17. The summed E-state index contributed by atoms with van der Waals surface area (Å²) in [6.45, 7) is 4.72. The predicted octanol–water partition coefficient (Wildman–Crippen LogP) is 6.55. The van der Waals surface area contributed by atoms with Crippen molar-refractivity contribution in [2.45, 2.75) is 18.4 Å². The number of anilines is 2. The molecule has 216 valence electrons. The smallest absolute Gasteiger partial charge is 0.269 e. The number of carbonyl (C=O) groups excluding carboxylic acids is 2. The molecule has 0 N–H and O–H groups in total. The molecule has 1 fully saturated rings. The molecule has 0 bridgehead atoms. The standard InChI is InChI=1S/C34H30N4O4S/c1-24-6-5-9-26(20-24)23-37-30-22-27(10-15-31(30)43-32(34(37)40)21-25-7-3-2-4-8-25)33(39)36-18-16-35(17-19-36)28-11-13-29(14-12-28)38(41)42/h2-15,20-22H,16-19,23H2,1H3. The lowest BCUT2D eigenvalue weighted by atomic mass is 10.1. The maximum atomic E-state index is 13.9. The van der Waals surface area contributed by atoms with Gasteiger partial charge in [0, 0.05) is 54.5 Å². The van der Waals surface area contributed by atoms with Crippen molar-refractivity contribution in [2.24, 2.45) is 0 Å². The van der Waals surface area contributed by atoms with Crippen molar-refractivity contribution in [1.29, 1.82) is 0 Å². The van der Waals surface area contributed by atoms with Crippen LogP contribution in [0.2, 0.25) is 0 Å². The van der Waals surface area contributed by atoms with E-state index in [0.29, 0.717) is 43.2 Å². The van der Waals surface area contributed by atoms with E-state index < -0.39 is 4.92 Å². The highest BCUT2D eigenvalue weighted by Crippen LogP contribution is 2.43. The van der Waals surface area contributed by atoms with Crippen LogP contribution in [0.25, 0.3) is 6.08 Å². The van der Waals surface area contributed by atoms with Crippen LogP contribution in [0.5, 0.6) is 0 Å². The number of benzene rings is 4. The van der Waals surface area contributed by atoms with Gasteiger partial charge in [0.25, 0.3) is 17.5 Å². The van der Waals surface area contributed by atoms with E-state index in [0.717, 1.165) is 33.0 Å². The van der Waals surface area contributed by atoms with Gasteiger partial charge in [-0.2, -0.15) is 0 Å². The number of fused-ring (bicyclic) bond motifs is 1. The number of hydrogen-bond acceptors (Lipinski definition) is 6. The molecule has 2 amide bonds. The third-order valence-corrected chi connectivity index (χ3v) is 8.76. The second-order valence-electron chi connectivity index (χ2n) is 10.6. The molecule has 0 radical (unpaired) electrons.